The zero-order valence-corrected chi connectivity index (χ0v) is 14.8. The number of ether oxygens (including phenoxy) is 2. The molecule has 1 N–H and O–H groups in total. The lowest BCUT2D eigenvalue weighted by atomic mass is 10.1. The van der Waals surface area contributed by atoms with Gasteiger partial charge < -0.3 is 19.3 Å². The number of nitrogens with one attached hydrogen (secondary N) is 1. The van der Waals surface area contributed by atoms with Crippen LogP contribution in [-0.2, 0) is 29.2 Å². The van der Waals surface area contributed by atoms with E-state index in [1.807, 2.05) is 0 Å². The van der Waals surface area contributed by atoms with E-state index < -0.39 is 57.2 Å². The van der Waals surface area contributed by atoms with E-state index in [-0.39, 0.29) is 0 Å². The highest BCUT2D eigenvalue weighted by Crippen LogP contribution is 2.38. The highest BCUT2D eigenvalue weighted by molar-refractivity contribution is 7.86. The van der Waals surface area contributed by atoms with Crippen LogP contribution < -0.4 is 5.32 Å². The van der Waals surface area contributed by atoms with Gasteiger partial charge in [-0.3, -0.25) is 4.79 Å². The molecule has 1 unspecified atom stereocenters. The average molecular weight is 430 g/mol. The number of alkyl halides is 5. The molecule has 1 amide bonds. The molecule has 0 fully saturated rings. The molecule has 0 aromatic rings. The van der Waals surface area contributed by atoms with Gasteiger partial charge in [-0.15, -0.1) is 0 Å². The van der Waals surface area contributed by atoms with Gasteiger partial charge in [-0.1, -0.05) is 6.58 Å². The van der Waals surface area contributed by atoms with Gasteiger partial charge in [0.1, 0.15) is 6.61 Å². The minimum atomic E-state index is -6.52. The van der Waals surface area contributed by atoms with Crippen LogP contribution in [0, 0.1) is 0 Å². The summed E-state index contributed by atoms with van der Waals surface area (Å²) < 4.78 is 118. The van der Waals surface area contributed by atoms with Crippen molar-refractivity contribution in [3.63, 3.8) is 0 Å². The van der Waals surface area contributed by atoms with Crippen molar-refractivity contribution >= 4 is 22.0 Å². The normalized spacial score (nSPS) is 15.6. The van der Waals surface area contributed by atoms with E-state index in [4.69, 9.17) is 0 Å². The topological polar surface area (TPSA) is 122 Å². The van der Waals surface area contributed by atoms with Gasteiger partial charge in [0.15, 0.2) is 10.1 Å². The lowest BCUT2D eigenvalue weighted by Crippen LogP contribution is -2.64. The van der Waals surface area contributed by atoms with E-state index in [2.05, 4.69) is 16.1 Å². The van der Waals surface area contributed by atoms with Gasteiger partial charge in [-0.25, -0.2) is 13.2 Å². The summed E-state index contributed by atoms with van der Waals surface area (Å²) in [7, 11) is -6.52. The monoisotopic (exact) mass is 430 g/mol. The van der Waals surface area contributed by atoms with Crippen LogP contribution in [0.2, 0.25) is 0 Å². The van der Waals surface area contributed by atoms with Gasteiger partial charge in [-0.2, -0.15) is 26.3 Å². The number of carbonyl (C=O) groups is 2. The summed E-state index contributed by atoms with van der Waals surface area (Å²) in [5, 5.41) is -3.84. The summed E-state index contributed by atoms with van der Waals surface area (Å²) >= 11 is 0. The van der Waals surface area contributed by atoms with Crippen LogP contribution in [0.4, 0.5) is 26.3 Å². The van der Waals surface area contributed by atoms with Gasteiger partial charge in [0.25, 0.3) is 0 Å². The molecular weight excluding hydrogens is 416 g/mol. The lowest BCUT2D eigenvalue weighted by Gasteiger charge is -2.36. The molecule has 0 aromatic carbocycles. The standard InChI is InChI=1S/C12H15F6NO7S/c1-6(13)7(20)26-11(12(16,17)18,8(21)19-9(2,3)4)25-5-10(14,15)27(22,23)24/h1,5H2,2-4H3,(H,19,21)(H,22,23,24)/p-1. The molecule has 0 saturated carbocycles. The van der Waals surface area contributed by atoms with Crippen molar-refractivity contribution in [2.75, 3.05) is 6.61 Å². The summed E-state index contributed by atoms with van der Waals surface area (Å²) in [5.74, 6) is -12.0. The molecule has 0 radical (unpaired) electrons. The number of carbonyl (C=O) groups excluding carboxylic acids is 2. The molecular formula is C12H14F6NO7S-. The second-order valence-electron chi connectivity index (χ2n) is 5.99. The average Bonchev–Trinajstić information content (AvgIpc) is 2.38. The maximum absolute atomic E-state index is 13.4. The Morgan fingerprint density at radius 3 is 1.85 bits per heavy atom. The van der Waals surface area contributed by atoms with E-state index >= 15 is 0 Å². The van der Waals surface area contributed by atoms with Crippen molar-refractivity contribution in [3.8, 4) is 0 Å². The number of hydrogen-bond acceptors (Lipinski definition) is 7. The molecule has 27 heavy (non-hydrogen) atoms. The van der Waals surface area contributed by atoms with E-state index in [9.17, 15) is 48.9 Å². The first-order valence-electron chi connectivity index (χ1n) is 6.60. The van der Waals surface area contributed by atoms with Crippen molar-refractivity contribution in [2.45, 2.75) is 43.5 Å². The number of hydrogen-bond donors (Lipinski definition) is 1. The minimum absolute atomic E-state index is 1.14. The zero-order valence-electron chi connectivity index (χ0n) is 13.9. The molecule has 158 valence electrons. The van der Waals surface area contributed by atoms with Gasteiger partial charge in [0.05, 0.1) is 0 Å². The van der Waals surface area contributed by atoms with Crippen LogP contribution in [0.5, 0.6) is 0 Å². The van der Waals surface area contributed by atoms with E-state index in [1.54, 1.807) is 5.32 Å². The van der Waals surface area contributed by atoms with Crippen molar-refractivity contribution in [1.82, 2.24) is 5.32 Å². The van der Waals surface area contributed by atoms with Crippen LogP contribution >= 0.6 is 0 Å². The molecule has 8 nitrogen and oxygen atoms in total. The first-order chi connectivity index (χ1) is 11.7. The predicted octanol–water partition coefficient (Wildman–Crippen LogP) is 1.34. The number of amides is 1. The van der Waals surface area contributed by atoms with Crippen LogP contribution in [0.25, 0.3) is 0 Å². The first kappa shape index (κ1) is 25.1. The molecule has 0 aliphatic heterocycles. The maximum atomic E-state index is 13.4. The Hall–Kier alpha value is -1.87. The molecule has 1 atom stereocenters. The molecule has 0 aromatic heterocycles. The van der Waals surface area contributed by atoms with Gasteiger partial charge >= 0.3 is 29.1 Å². The molecule has 0 saturated heterocycles. The third kappa shape index (κ3) is 6.35. The number of rotatable bonds is 7. The van der Waals surface area contributed by atoms with Crippen LogP contribution in [0.3, 0.4) is 0 Å². The number of esters is 1. The van der Waals surface area contributed by atoms with Gasteiger partial charge in [0, 0.05) is 5.54 Å². The second kappa shape index (κ2) is 7.63. The maximum Gasteiger partial charge on any atom is 0.466 e. The van der Waals surface area contributed by atoms with E-state index in [0.29, 0.717) is 0 Å². The second-order valence-corrected chi connectivity index (χ2v) is 7.50. The Kier molecular flexibility index (Phi) is 7.10. The SMILES string of the molecule is C=C(F)C(=O)OC(OCC(F)(F)S(=O)(=O)[O-])(C(=O)NC(C)(C)C)C(F)(F)F. The summed E-state index contributed by atoms with van der Waals surface area (Å²) in [6.45, 7) is 2.89. The Morgan fingerprint density at radius 2 is 1.56 bits per heavy atom. The smallest absolute Gasteiger partial charge is 0.466 e. The summed E-state index contributed by atoms with van der Waals surface area (Å²) in [6.07, 6.45) is -6.10. The molecule has 0 spiro atoms. The Balaban J connectivity index is 6.27. The fourth-order valence-corrected chi connectivity index (χ4v) is 1.48. The molecule has 0 heterocycles. The minimum Gasteiger partial charge on any atom is -0.743 e. The Morgan fingerprint density at radius 1 is 1.11 bits per heavy atom. The van der Waals surface area contributed by atoms with Crippen LogP contribution in [0.1, 0.15) is 20.8 Å². The third-order valence-corrected chi connectivity index (χ3v) is 3.28. The lowest BCUT2D eigenvalue weighted by molar-refractivity contribution is -0.353. The third-order valence-electron chi connectivity index (χ3n) is 2.43. The zero-order chi connectivity index (χ0) is 22.1. The van der Waals surface area contributed by atoms with E-state index in [0.717, 1.165) is 20.8 Å². The highest BCUT2D eigenvalue weighted by atomic mass is 32.2. The fraction of sp³-hybridized carbons (Fsp3) is 0.667. The van der Waals surface area contributed by atoms with Gasteiger partial charge in [0.2, 0.25) is 5.83 Å². The molecule has 0 aliphatic carbocycles. The number of halogens is 6. The van der Waals surface area contributed by atoms with Crippen LogP contribution in [-0.4, -0.2) is 54.2 Å². The summed E-state index contributed by atoms with van der Waals surface area (Å²) in [4.78, 5) is 23.2. The fourth-order valence-electron chi connectivity index (χ4n) is 1.28. The predicted molar refractivity (Wildman–Crippen MR) is 73.6 cm³/mol. The first-order valence-corrected chi connectivity index (χ1v) is 8.01. The Bertz CT molecular complexity index is 713. The quantitative estimate of drug-likeness (QED) is 0.213. The van der Waals surface area contributed by atoms with E-state index in [1.165, 1.54) is 0 Å². The molecule has 0 bridgehead atoms. The summed E-state index contributed by atoms with van der Waals surface area (Å²) in [6, 6.07) is 0. The molecule has 0 aliphatic rings. The van der Waals surface area contributed by atoms with Gasteiger partial charge in [-0.05, 0) is 20.8 Å². The summed E-state index contributed by atoms with van der Waals surface area (Å²) in [5.41, 5.74) is -1.47. The highest BCUT2D eigenvalue weighted by Gasteiger charge is 2.68. The van der Waals surface area contributed by atoms with Crippen LogP contribution in [0.15, 0.2) is 12.4 Å². The molecule has 15 heteroatoms. The Labute approximate surface area is 149 Å². The molecule has 0 rings (SSSR count). The van der Waals surface area contributed by atoms with Crippen molar-refractivity contribution < 1.29 is 58.4 Å². The van der Waals surface area contributed by atoms with Crippen molar-refractivity contribution in [2.24, 2.45) is 0 Å². The largest absolute Gasteiger partial charge is 0.743 e. The van der Waals surface area contributed by atoms with Crippen molar-refractivity contribution in [1.29, 1.82) is 0 Å². The van der Waals surface area contributed by atoms with Crippen molar-refractivity contribution in [3.05, 3.63) is 12.4 Å².